The number of rotatable bonds is 2. The van der Waals surface area contributed by atoms with Crippen LogP contribution in [0.2, 0.25) is 0 Å². The molecule has 0 unspecified atom stereocenters. The van der Waals surface area contributed by atoms with Crippen LogP contribution in [0.25, 0.3) is 5.52 Å². The second kappa shape index (κ2) is 3.63. The van der Waals surface area contributed by atoms with Gasteiger partial charge in [0.15, 0.2) is 12.1 Å². The lowest BCUT2D eigenvalue weighted by Gasteiger charge is -2.19. The van der Waals surface area contributed by atoms with E-state index in [1.54, 1.807) is 6.20 Å². The molecule has 0 saturated carbocycles. The SMILES string of the molecule is O=Cc1ncc2cccc(N3CCCC3)n12. The van der Waals surface area contributed by atoms with Crippen molar-refractivity contribution < 1.29 is 4.79 Å². The van der Waals surface area contributed by atoms with Crippen LogP contribution in [0.4, 0.5) is 5.82 Å². The van der Waals surface area contributed by atoms with E-state index in [1.165, 1.54) is 12.8 Å². The Morgan fingerprint density at radius 3 is 2.81 bits per heavy atom. The monoisotopic (exact) mass is 215 g/mol. The molecule has 0 aliphatic carbocycles. The second-order valence-electron chi connectivity index (χ2n) is 4.07. The minimum absolute atomic E-state index is 0.484. The van der Waals surface area contributed by atoms with Gasteiger partial charge in [-0.25, -0.2) is 4.98 Å². The summed E-state index contributed by atoms with van der Waals surface area (Å²) in [6.45, 7) is 2.13. The lowest BCUT2D eigenvalue weighted by atomic mass is 10.4. The standard InChI is InChI=1S/C12H13N3O/c16-9-11-13-8-10-4-3-5-12(15(10)11)14-6-1-2-7-14/h3-5,8-9H,1-2,6-7H2. The summed E-state index contributed by atoms with van der Waals surface area (Å²) in [5.41, 5.74) is 0.978. The molecule has 16 heavy (non-hydrogen) atoms. The van der Waals surface area contributed by atoms with Gasteiger partial charge in [-0.15, -0.1) is 0 Å². The van der Waals surface area contributed by atoms with Crippen LogP contribution in [-0.4, -0.2) is 28.8 Å². The van der Waals surface area contributed by atoms with Crippen LogP contribution in [0.3, 0.4) is 0 Å². The van der Waals surface area contributed by atoms with Crippen molar-refractivity contribution in [1.29, 1.82) is 0 Å². The number of fused-ring (bicyclic) bond motifs is 1. The van der Waals surface area contributed by atoms with Crippen molar-refractivity contribution in [3.05, 3.63) is 30.2 Å². The van der Waals surface area contributed by atoms with E-state index in [1.807, 2.05) is 22.6 Å². The third kappa shape index (κ3) is 1.30. The molecule has 0 atom stereocenters. The van der Waals surface area contributed by atoms with Crippen LogP contribution in [0.1, 0.15) is 23.5 Å². The summed E-state index contributed by atoms with van der Waals surface area (Å²) < 4.78 is 1.93. The lowest BCUT2D eigenvalue weighted by molar-refractivity contribution is 0.111. The van der Waals surface area contributed by atoms with E-state index in [9.17, 15) is 4.79 Å². The molecule has 0 spiro atoms. The van der Waals surface area contributed by atoms with Crippen molar-refractivity contribution in [2.24, 2.45) is 0 Å². The van der Waals surface area contributed by atoms with Crippen molar-refractivity contribution in [3.63, 3.8) is 0 Å². The number of pyridine rings is 1. The largest absolute Gasteiger partial charge is 0.358 e. The lowest BCUT2D eigenvalue weighted by Crippen LogP contribution is -2.20. The summed E-state index contributed by atoms with van der Waals surface area (Å²) in [6.07, 6.45) is 5.00. The number of carbonyl (C=O) groups is 1. The minimum atomic E-state index is 0.484. The molecule has 0 radical (unpaired) electrons. The molecule has 1 aliphatic heterocycles. The van der Waals surface area contributed by atoms with Gasteiger partial charge in [0.05, 0.1) is 11.7 Å². The molecule has 2 aromatic heterocycles. The van der Waals surface area contributed by atoms with Crippen molar-refractivity contribution in [2.75, 3.05) is 18.0 Å². The Hall–Kier alpha value is -1.84. The zero-order valence-electron chi connectivity index (χ0n) is 8.97. The number of aldehydes is 1. The third-order valence-corrected chi connectivity index (χ3v) is 3.09. The zero-order chi connectivity index (χ0) is 11.0. The maximum Gasteiger partial charge on any atom is 0.186 e. The molecule has 0 amide bonds. The average molecular weight is 215 g/mol. The number of nitrogens with zero attached hydrogens (tertiary/aromatic N) is 3. The number of hydrogen-bond acceptors (Lipinski definition) is 3. The van der Waals surface area contributed by atoms with Gasteiger partial charge in [0.2, 0.25) is 0 Å². The van der Waals surface area contributed by atoms with Crippen molar-refractivity contribution in [1.82, 2.24) is 9.38 Å². The Balaban J connectivity index is 2.21. The van der Waals surface area contributed by atoms with Crippen LogP contribution in [0.5, 0.6) is 0 Å². The van der Waals surface area contributed by atoms with Crippen LogP contribution >= 0.6 is 0 Å². The number of carbonyl (C=O) groups excluding carboxylic acids is 1. The zero-order valence-corrected chi connectivity index (χ0v) is 8.97. The van der Waals surface area contributed by atoms with Crippen molar-refractivity contribution in [3.8, 4) is 0 Å². The molecule has 3 rings (SSSR count). The normalized spacial score (nSPS) is 15.9. The van der Waals surface area contributed by atoms with Gasteiger partial charge in [-0.1, -0.05) is 6.07 Å². The maximum atomic E-state index is 10.9. The third-order valence-electron chi connectivity index (χ3n) is 3.09. The fourth-order valence-corrected chi connectivity index (χ4v) is 2.33. The van der Waals surface area contributed by atoms with E-state index in [0.717, 1.165) is 30.7 Å². The van der Waals surface area contributed by atoms with Gasteiger partial charge in [0.25, 0.3) is 0 Å². The predicted molar refractivity (Wildman–Crippen MR) is 62.0 cm³/mol. The molecular formula is C12H13N3O. The minimum Gasteiger partial charge on any atom is -0.358 e. The highest BCUT2D eigenvalue weighted by molar-refractivity contribution is 5.74. The van der Waals surface area contributed by atoms with E-state index < -0.39 is 0 Å². The summed E-state index contributed by atoms with van der Waals surface area (Å²) in [5, 5.41) is 0. The molecule has 1 aliphatic rings. The second-order valence-corrected chi connectivity index (χ2v) is 4.07. The quantitative estimate of drug-likeness (QED) is 0.716. The molecule has 0 bridgehead atoms. The smallest absolute Gasteiger partial charge is 0.186 e. The Kier molecular flexibility index (Phi) is 2.13. The van der Waals surface area contributed by atoms with Crippen LogP contribution in [0, 0.1) is 0 Å². The summed E-state index contributed by atoms with van der Waals surface area (Å²) in [4.78, 5) is 17.4. The Morgan fingerprint density at radius 2 is 2.06 bits per heavy atom. The Bertz CT molecular complexity index is 526. The first-order chi connectivity index (χ1) is 7.90. The van der Waals surface area contributed by atoms with E-state index in [2.05, 4.69) is 9.88 Å². The van der Waals surface area contributed by atoms with Crippen LogP contribution < -0.4 is 4.90 Å². The van der Waals surface area contributed by atoms with E-state index >= 15 is 0 Å². The van der Waals surface area contributed by atoms with Crippen molar-refractivity contribution >= 4 is 17.6 Å². The molecule has 4 heteroatoms. The topological polar surface area (TPSA) is 37.6 Å². The molecule has 4 nitrogen and oxygen atoms in total. The fourth-order valence-electron chi connectivity index (χ4n) is 2.33. The maximum absolute atomic E-state index is 10.9. The van der Waals surface area contributed by atoms with Gasteiger partial charge in [-0.05, 0) is 25.0 Å². The van der Waals surface area contributed by atoms with Crippen LogP contribution in [0.15, 0.2) is 24.4 Å². The number of imidazole rings is 1. The molecule has 82 valence electrons. The summed E-state index contributed by atoms with van der Waals surface area (Å²) in [7, 11) is 0. The number of hydrogen-bond donors (Lipinski definition) is 0. The average Bonchev–Trinajstić information content (AvgIpc) is 2.97. The fraction of sp³-hybridized carbons (Fsp3) is 0.333. The molecule has 0 aromatic carbocycles. The highest BCUT2D eigenvalue weighted by Gasteiger charge is 2.16. The van der Waals surface area contributed by atoms with Gasteiger partial charge in [0.1, 0.15) is 5.82 Å². The first kappa shape index (κ1) is 9.39. The molecule has 0 N–H and O–H groups in total. The van der Waals surface area contributed by atoms with Gasteiger partial charge >= 0.3 is 0 Å². The highest BCUT2D eigenvalue weighted by atomic mass is 16.1. The van der Waals surface area contributed by atoms with E-state index in [0.29, 0.717) is 5.82 Å². The van der Waals surface area contributed by atoms with Gasteiger partial charge in [-0.3, -0.25) is 9.20 Å². The molecule has 2 aromatic rings. The number of aromatic nitrogens is 2. The Morgan fingerprint density at radius 1 is 1.25 bits per heavy atom. The molecular weight excluding hydrogens is 202 g/mol. The van der Waals surface area contributed by atoms with Crippen LogP contribution in [-0.2, 0) is 0 Å². The number of anilines is 1. The Labute approximate surface area is 93.5 Å². The molecule has 1 saturated heterocycles. The van der Waals surface area contributed by atoms with E-state index in [-0.39, 0.29) is 0 Å². The van der Waals surface area contributed by atoms with Gasteiger partial charge < -0.3 is 4.90 Å². The van der Waals surface area contributed by atoms with Gasteiger partial charge in [-0.2, -0.15) is 0 Å². The first-order valence-electron chi connectivity index (χ1n) is 5.57. The van der Waals surface area contributed by atoms with E-state index in [4.69, 9.17) is 0 Å². The van der Waals surface area contributed by atoms with Crippen molar-refractivity contribution in [2.45, 2.75) is 12.8 Å². The summed E-state index contributed by atoms with van der Waals surface area (Å²) in [6, 6.07) is 6.03. The first-order valence-corrected chi connectivity index (χ1v) is 5.57. The highest BCUT2D eigenvalue weighted by Crippen LogP contribution is 2.22. The summed E-state index contributed by atoms with van der Waals surface area (Å²) in [5.74, 6) is 1.56. The predicted octanol–water partition coefficient (Wildman–Crippen LogP) is 1.75. The summed E-state index contributed by atoms with van der Waals surface area (Å²) >= 11 is 0. The molecule has 3 heterocycles. The van der Waals surface area contributed by atoms with Gasteiger partial charge in [0, 0.05) is 13.1 Å². The molecule has 1 fully saturated rings.